The first-order chi connectivity index (χ1) is 25.9. The summed E-state index contributed by atoms with van der Waals surface area (Å²) in [7, 11) is 3.77. The molecular weight excluding hydrogens is 702 g/mol. The quantitative estimate of drug-likeness (QED) is 0.112. The minimum absolute atomic E-state index is 0.277. The van der Waals surface area contributed by atoms with Gasteiger partial charge in [-0.15, -0.1) is 0 Å². The Labute approximate surface area is 321 Å². The maximum absolute atomic E-state index is 13.7. The van der Waals surface area contributed by atoms with E-state index in [1.165, 1.54) is 0 Å². The Morgan fingerprint density at radius 3 is 2.19 bits per heavy atom. The number of nitrogens with one attached hydrogen (secondary N) is 2. The van der Waals surface area contributed by atoms with Crippen molar-refractivity contribution in [2.75, 3.05) is 23.7 Å². The lowest BCUT2D eigenvalue weighted by Gasteiger charge is -2.26. The summed E-state index contributed by atoms with van der Waals surface area (Å²) in [5.41, 5.74) is 8.77. The molecule has 12 heteroatoms. The van der Waals surface area contributed by atoms with Crippen molar-refractivity contribution < 1.29 is 19.5 Å². The molecule has 3 N–H and O–H groups in total. The first-order valence-electron chi connectivity index (χ1n) is 18.5. The lowest BCUT2D eigenvalue weighted by molar-refractivity contribution is 0.0696. The maximum Gasteiger partial charge on any atom is 0.335 e. The van der Waals surface area contributed by atoms with Crippen molar-refractivity contribution in [1.82, 2.24) is 24.0 Å². The maximum atomic E-state index is 13.7. The summed E-state index contributed by atoms with van der Waals surface area (Å²) < 4.78 is 3.78. The van der Waals surface area contributed by atoms with E-state index in [1.807, 2.05) is 72.6 Å². The molecule has 6 rings (SSSR count). The van der Waals surface area contributed by atoms with Crippen molar-refractivity contribution in [2.45, 2.75) is 66.3 Å². The fourth-order valence-corrected chi connectivity index (χ4v) is 7.42. The highest BCUT2D eigenvalue weighted by Crippen LogP contribution is 2.38. The van der Waals surface area contributed by atoms with Crippen molar-refractivity contribution in [1.29, 1.82) is 0 Å². The lowest BCUT2D eigenvalue weighted by atomic mass is 9.98. The molecule has 0 atom stereocenters. The van der Waals surface area contributed by atoms with Crippen LogP contribution in [0.3, 0.4) is 0 Å². The van der Waals surface area contributed by atoms with Crippen LogP contribution in [0.15, 0.2) is 60.7 Å². The number of hydrogen-bond donors (Lipinski definition) is 3. The number of carboxylic acid groups (broad SMARTS) is 1. The second-order valence-corrected chi connectivity index (χ2v) is 14.8. The minimum atomic E-state index is -0.933. The molecule has 11 nitrogen and oxygen atoms in total. The van der Waals surface area contributed by atoms with Crippen LogP contribution in [0.25, 0.3) is 11.1 Å². The van der Waals surface area contributed by atoms with E-state index in [1.54, 1.807) is 18.2 Å². The summed E-state index contributed by atoms with van der Waals surface area (Å²) in [4.78, 5) is 50.2. The SMILES string of the molecule is CCc1nc(C(=O)Nc2cccc(-c3cccc(NC(=O)c4nc5c(n4C)CCN(CCc4ccc(C(=O)O)cc4)C5)c3C)c2Cl)n(C)c1CCC(C)C. The van der Waals surface area contributed by atoms with Gasteiger partial charge in [-0.05, 0) is 79.5 Å². The molecule has 0 saturated heterocycles. The average molecular weight is 750 g/mol. The summed E-state index contributed by atoms with van der Waals surface area (Å²) in [6.45, 7) is 10.6. The van der Waals surface area contributed by atoms with E-state index >= 15 is 0 Å². The molecule has 0 aliphatic carbocycles. The number of aromatic carboxylic acids is 1. The summed E-state index contributed by atoms with van der Waals surface area (Å²) >= 11 is 6.99. The number of aryl methyl sites for hydroxylation is 1. The number of rotatable bonds is 13. The van der Waals surface area contributed by atoms with Gasteiger partial charge in [-0.2, -0.15) is 0 Å². The molecule has 282 valence electrons. The van der Waals surface area contributed by atoms with Gasteiger partial charge in [0, 0.05) is 62.8 Å². The Balaban J connectivity index is 1.15. The van der Waals surface area contributed by atoms with Crippen molar-refractivity contribution in [3.8, 4) is 11.1 Å². The topological polar surface area (TPSA) is 134 Å². The van der Waals surface area contributed by atoms with Crippen LogP contribution in [0.1, 0.15) is 92.7 Å². The number of aromatic nitrogens is 4. The molecule has 2 amide bonds. The number of amides is 2. The van der Waals surface area contributed by atoms with Crippen LogP contribution in [0.4, 0.5) is 11.4 Å². The van der Waals surface area contributed by atoms with E-state index in [2.05, 4.69) is 36.3 Å². The molecule has 3 aromatic carbocycles. The Kier molecular flexibility index (Phi) is 11.7. The number of fused-ring (bicyclic) bond motifs is 1. The normalized spacial score (nSPS) is 12.9. The highest BCUT2D eigenvalue weighted by Gasteiger charge is 2.26. The largest absolute Gasteiger partial charge is 0.478 e. The zero-order valence-electron chi connectivity index (χ0n) is 31.8. The average Bonchev–Trinajstić information content (AvgIpc) is 3.66. The standard InChI is InChI=1S/C42H48ClN7O4/c1-7-31-35(19-14-25(2)3)48(5)38(44-31)41(52)47-33-13-9-11-30(37(33)43)29-10-8-12-32(26(29)4)46-40(51)39-45-34-24-50(23-21-36(34)49(39)6)22-20-27-15-17-28(18-16-27)42(53)54/h8-13,15-18,25H,7,14,19-24H2,1-6H3,(H,46,51)(H,47,52)(H,53,54). The van der Waals surface area contributed by atoms with Crippen LogP contribution in [0.2, 0.25) is 5.02 Å². The smallest absolute Gasteiger partial charge is 0.335 e. The van der Waals surface area contributed by atoms with Gasteiger partial charge >= 0.3 is 5.97 Å². The van der Waals surface area contributed by atoms with Gasteiger partial charge in [0.25, 0.3) is 11.8 Å². The van der Waals surface area contributed by atoms with E-state index in [0.717, 1.165) is 90.2 Å². The van der Waals surface area contributed by atoms with Gasteiger partial charge in [0.2, 0.25) is 0 Å². The van der Waals surface area contributed by atoms with Crippen LogP contribution >= 0.6 is 11.6 Å². The lowest BCUT2D eigenvalue weighted by Crippen LogP contribution is -2.32. The molecule has 0 fully saturated rings. The number of benzene rings is 3. The molecular formula is C42H48ClN7O4. The van der Waals surface area contributed by atoms with Gasteiger partial charge in [-0.3, -0.25) is 14.5 Å². The molecule has 3 heterocycles. The molecule has 54 heavy (non-hydrogen) atoms. The number of hydrogen-bond acceptors (Lipinski definition) is 6. The predicted molar refractivity (Wildman–Crippen MR) is 213 cm³/mol. The molecule has 0 saturated carbocycles. The fraction of sp³-hybridized carbons (Fsp3) is 0.357. The summed E-state index contributed by atoms with van der Waals surface area (Å²) in [6, 6.07) is 18.2. The molecule has 1 aliphatic rings. The Hall–Kier alpha value is -5.26. The zero-order valence-corrected chi connectivity index (χ0v) is 32.5. The summed E-state index contributed by atoms with van der Waals surface area (Å²) in [6.07, 6.45) is 4.17. The highest BCUT2D eigenvalue weighted by atomic mass is 35.5. The van der Waals surface area contributed by atoms with Gasteiger partial charge in [0.15, 0.2) is 11.6 Å². The van der Waals surface area contributed by atoms with E-state index in [9.17, 15) is 19.5 Å². The number of anilines is 2. The van der Waals surface area contributed by atoms with Crippen LogP contribution in [-0.2, 0) is 46.3 Å². The number of nitrogens with zero attached hydrogens (tertiary/aromatic N) is 5. The van der Waals surface area contributed by atoms with E-state index in [0.29, 0.717) is 40.5 Å². The third-order valence-electron chi connectivity index (χ3n) is 10.4. The predicted octanol–water partition coefficient (Wildman–Crippen LogP) is 7.74. The summed E-state index contributed by atoms with van der Waals surface area (Å²) in [5.74, 6) is -0.333. The number of halogens is 1. The fourth-order valence-electron chi connectivity index (χ4n) is 7.15. The van der Waals surface area contributed by atoms with E-state index in [-0.39, 0.29) is 17.4 Å². The molecule has 0 radical (unpaired) electrons. The molecule has 2 aromatic heterocycles. The van der Waals surface area contributed by atoms with Gasteiger partial charge in [0.1, 0.15) is 0 Å². The van der Waals surface area contributed by atoms with Crippen molar-refractivity contribution in [3.05, 3.63) is 117 Å². The number of carbonyl (C=O) groups excluding carboxylic acids is 2. The monoisotopic (exact) mass is 749 g/mol. The second kappa shape index (κ2) is 16.4. The summed E-state index contributed by atoms with van der Waals surface area (Å²) in [5, 5.41) is 15.6. The third kappa shape index (κ3) is 8.12. The van der Waals surface area contributed by atoms with Crippen molar-refractivity contribution in [3.63, 3.8) is 0 Å². The highest BCUT2D eigenvalue weighted by molar-refractivity contribution is 6.36. The van der Waals surface area contributed by atoms with Crippen LogP contribution in [0, 0.1) is 12.8 Å². The number of carboxylic acids is 1. The Morgan fingerprint density at radius 1 is 0.870 bits per heavy atom. The van der Waals surface area contributed by atoms with Gasteiger partial charge in [-0.1, -0.05) is 68.8 Å². The molecule has 0 spiro atoms. The molecule has 0 unspecified atom stereocenters. The van der Waals surface area contributed by atoms with Crippen molar-refractivity contribution >= 4 is 40.8 Å². The third-order valence-corrected chi connectivity index (χ3v) is 10.8. The second-order valence-electron chi connectivity index (χ2n) is 14.4. The molecule has 1 aliphatic heterocycles. The number of carbonyl (C=O) groups is 3. The van der Waals surface area contributed by atoms with Crippen LogP contribution in [-0.4, -0.2) is 60.0 Å². The first-order valence-corrected chi connectivity index (χ1v) is 18.9. The van der Waals surface area contributed by atoms with Gasteiger partial charge in [-0.25, -0.2) is 14.8 Å². The zero-order chi connectivity index (χ0) is 38.7. The Bertz CT molecular complexity index is 2200. The van der Waals surface area contributed by atoms with E-state index < -0.39 is 5.97 Å². The molecule has 5 aromatic rings. The number of imidazole rings is 2. The van der Waals surface area contributed by atoms with Crippen LogP contribution < -0.4 is 10.6 Å². The van der Waals surface area contributed by atoms with Crippen molar-refractivity contribution in [2.24, 2.45) is 20.0 Å². The van der Waals surface area contributed by atoms with Crippen LogP contribution in [0.5, 0.6) is 0 Å². The molecule has 0 bridgehead atoms. The Morgan fingerprint density at radius 2 is 1.52 bits per heavy atom. The minimum Gasteiger partial charge on any atom is -0.478 e. The van der Waals surface area contributed by atoms with Gasteiger partial charge in [0.05, 0.1) is 27.7 Å². The van der Waals surface area contributed by atoms with E-state index in [4.69, 9.17) is 21.6 Å². The first kappa shape index (κ1) is 38.5. The van der Waals surface area contributed by atoms with Gasteiger partial charge < -0.3 is 24.9 Å².